The minimum atomic E-state index is 0.00495. The Labute approximate surface area is 77.2 Å². The van der Waals surface area contributed by atoms with Gasteiger partial charge in [-0.1, -0.05) is 0 Å². The molecule has 1 saturated heterocycles. The molecule has 2 nitrogen and oxygen atoms in total. The first kappa shape index (κ1) is 8.91. The lowest BCUT2D eigenvalue weighted by Gasteiger charge is -2.16. The van der Waals surface area contributed by atoms with Gasteiger partial charge in [-0.05, 0) is 24.2 Å². The molecule has 0 spiro atoms. The molecular weight excluding hydrogens is 190 g/mol. The van der Waals surface area contributed by atoms with E-state index in [0.717, 1.165) is 12.6 Å². The van der Waals surface area contributed by atoms with Gasteiger partial charge in [-0.3, -0.25) is 4.79 Å². The largest absolute Gasteiger partial charge is 0.462 e. The van der Waals surface area contributed by atoms with Crippen molar-refractivity contribution in [3.05, 3.63) is 0 Å². The topological polar surface area (TPSA) is 26.3 Å². The van der Waals surface area contributed by atoms with E-state index in [0.29, 0.717) is 23.9 Å². The number of carbonyl (C=O) groups excluding carboxylic acids is 1. The van der Waals surface area contributed by atoms with Crippen LogP contribution < -0.4 is 0 Å². The lowest BCUT2D eigenvalue weighted by atomic mass is 9.95. The Kier molecular flexibility index (Phi) is 2.40. The predicted molar refractivity (Wildman–Crippen MR) is 54.2 cm³/mol. The van der Waals surface area contributed by atoms with E-state index in [4.69, 9.17) is 4.74 Å². The fourth-order valence-electron chi connectivity index (χ4n) is 2.39. The van der Waals surface area contributed by atoms with Crippen molar-refractivity contribution in [1.82, 2.24) is 0 Å². The Morgan fingerprint density at radius 3 is 3.00 bits per heavy atom. The maximum absolute atomic E-state index is 11.0. The first-order valence-electron chi connectivity index (χ1n) is 4.37. The number of fused-ring (bicyclic) bond motifs is 1. The van der Waals surface area contributed by atoms with Crippen molar-refractivity contribution in [2.45, 2.75) is 24.6 Å². The van der Waals surface area contributed by atoms with Crippen molar-refractivity contribution in [2.75, 3.05) is 6.16 Å². The first-order chi connectivity index (χ1) is 5.72. The lowest BCUT2D eigenvalue weighted by Crippen LogP contribution is -2.17. The molecule has 0 radical (unpaired) electrons. The van der Waals surface area contributed by atoms with E-state index in [1.54, 1.807) is 0 Å². The Hall–Kier alpha value is 0.330. The molecule has 2 aliphatic rings. The average molecular weight is 204 g/mol. The normalized spacial score (nSPS) is 46.0. The molecule has 0 amide bonds. The molecule has 0 aromatic rings. The van der Waals surface area contributed by atoms with Crippen molar-refractivity contribution >= 4 is 24.4 Å². The SMILES string of the molecule is O=C1C[C@@H]2[C@@H](CP)[C@@H](P)C[C@@H]2O1. The number of ether oxygens (including phenoxy) is 1. The fraction of sp³-hybridized carbons (Fsp3) is 0.875. The number of hydrogen-bond acceptors (Lipinski definition) is 2. The minimum absolute atomic E-state index is 0.00495. The second-order valence-electron chi connectivity index (χ2n) is 3.70. The molecule has 2 unspecified atom stereocenters. The monoisotopic (exact) mass is 204 g/mol. The van der Waals surface area contributed by atoms with Gasteiger partial charge in [0.1, 0.15) is 6.10 Å². The highest BCUT2D eigenvalue weighted by Gasteiger charge is 2.47. The summed E-state index contributed by atoms with van der Waals surface area (Å²) in [6.07, 6.45) is 3.01. The highest BCUT2D eigenvalue weighted by molar-refractivity contribution is 7.18. The summed E-state index contributed by atoms with van der Waals surface area (Å²) in [6.45, 7) is 0. The van der Waals surface area contributed by atoms with Crippen LogP contribution in [0, 0.1) is 11.8 Å². The standard InChI is InChI=1S/C8H14O2P2/c9-8-1-4-5(3-11)7(12)2-6(4)10-8/h4-7H,1-3,11-12H2/t4-,5-,6+,7+/m1/s1. The second kappa shape index (κ2) is 3.24. The average Bonchev–Trinajstić information content (AvgIpc) is 2.43. The Morgan fingerprint density at radius 2 is 2.33 bits per heavy atom. The molecule has 0 aromatic heterocycles. The van der Waals surface area contributed by atoms with E-state index in [9.17, 15) is 4.79 Å². The van der Waals surface area contributed by atoms with Crippen LogP contribution in [0.25, 0.3) is 0 Å². The van der Waals surface area contributed by atoms with E-state index in [-0.39, 0.29) is 12.1 Å². The fourth-order valence-corrected chi connectivity index (χ4v) is 4.11. The second-order valence-corrected chi connectivity index (χ2v) is 5.02. The van der Waals surface area contributed by atoms with Gasteiger partial charge in [0.15, 0.2) is 0 Å². The van der Waals surface area contributed by atoms with Gasteiger partial charge >= 0.3 is 5.97 Å². The molecule has 68 valence electrons. The zero-order valence-electron chi connectivity index (χ0n) is 6.90. The third-order valence-corrected chi connectivity index (χ3v) is 4.35. The number of hydrogen-bond donors (Lipinski definition) is 0. The summed E-state index contributed by atoms with van der Waals surface area (Å²) in [4.78, 5) is 11.0. The summed E-state index contributed by atoms with van der Waals surface area (Å²) in [7, 11) is 5.65. The summed E-state index contributed by atoms with van der Waals surface area (Å²) in [5.74, 6) is 1.15. The molecule has 0 aromatic carbocycles. The molecule has 2 fully saturated rings. The smallest absolute Gasteiger partial charge is 0.306 e. The highest BCUT2D eigenvalue weighted by atomic mass is 31.0. The molecule has 0 bridgehead atoms. The van der Waals surface area contributed by atoms with Crippen LogP contribution >= 0.6 is 18.5 Å². The van der Waals surface area contributed by atoms with Crippen molar-refractivity contribution in [1.29, 1.82) is 0 Å². The summed E-state index contributed by atoms with van der Waals surface area (Å²) >= 11 is 0. The molecule has 1 aliphatic carbocycles. The van der Waals surface area contributed by atoms with Gasteiger partial charge in [-0.2, -0.15) is 0 Å². The molecule has 12 heavy (non-hydrogen) atoms. The quantitative estimate of drug-likeness (QED) is 0.471. The zero-order valence-corrected chi connectivity index (χ0v) is 9.21. The number of carbonyl (C=O) groups is 1. The van der Waals surface area contributed by atoms with Crippen molar-refractivity contribution < 1.29 is 9.53 Å². The highest BCUT2D eigenvalue weighted by Crippen LogP contribution is 2.45. The molecular formula is C8H14O2P2. The van der Waals surface area contributed by atoms with E-state index >= 15 is 0 Å². The summed E-state index contributed by atoms with van der Waals surface area (Å²) in [6, 6.07) is 0. The van der Waals surface area contributed by atoms with E-state index in [1.807, 2.05) is 0 Å². The van der Waals surface area contributed by atoms with Gasteiger partial charge in [0.05, 0.1) is 6.42 Å². The Bertz CT molecular complexity index is 207. The summed E-state index contributed by atoms with van der Waals surface area (Å²) in [5, 5.41) is 0. The predicted octanol–water partition coefficient (Wildman–Crippen LogP) is 1.06. The maximum atomic E-state index is 11.0. The number of esters is 1. The number of rotatable bonds is 1. The van der Waals surface area contributed by atoms with Crippen LogP contribution in [0.3, 0.4) is 0 Å². The maximum Gasteiger partial charge on any atom is 0.306 e. The Balaban J connectivity index is 2.11. The van der Waals surface area contributed by atoms with Crippen LogP contribution in [0.2, 0.25) is 0 Å². The van der Waals surface area contributed by atoms with E-state index < -0.39 is 0 Å². The first-order valence-corrected chi connectivity index (χ1v) is 5.86. The van der Waals surface area contributed by atoms with Crippen molar-refractivity contribution in [3.8, 4) is 0 Å². The van der Waals surface area contributed by atoms with Crippen molar-refractivity contribution in [3.63, 3.8) is 0 Å². The van der Waals surface area contributed by atoms with Gasteiger partial charge in [0.2, 0.25) is 0 Å². The van der Waals surface area contributed by atoms with Crippen LogP contribution in [0.4, 0.5) is 0 Å². The van der Waals surface area contributed by atoms with Gasteiger partial charge in [0, 0.05) is 5.92 Å². The van der Waals surface area contributed by atoms with E-state index in [2.05, 4.69) is 18.5 Å². The molecule has 0 N–H and O–H groups in total. The van der Waals surface area contributed by atoms with Crippen LogP contribution in [-0.4, -0.2) is 23.9 Å². The van der Waals surface area contributed by atoms with E-state index in [1.165, 1.54) is 0 Å². The van der Waals surface area contributed by atoms with Crippen molar-refractivity contribution in [2.24, 2.45) is 11.8 Å². The minimum Gasteiger partial charge on any atom is -0.462 e. The van der Waals surface area contributed by atoms with Gasteiger partial charge in [0.25, 0.3) is 0 Å². The molecule has 6 atom stereocenters. The lowest BCUT2D eigenvalue weighted by molar-refractivity contribution is -0.141. The van der Waals surface area contributed by atoms with Crippen LogP contribution in [-0.2, 0) is 9.53 Å². The zero-order chi connectivity index (χ0) is 8.72. The Morgan fingerprint density at radius 1 is 1.58 bits per heavy atom. The van der Waals surface area contributed by atoms with Gasteiger partial charge in [-0.25, -0.2) is 0 Å². The van der Waals surface area contributed by atoms with Crippen LogP contribution in [0.15, 0.2) is 0 Å². The van der Waals surface area contributed by atoms with Gasteiger partial charge in [-0.15, -0.1) is 18.5 Å². The van der Waals surface area contributed by atoms with Gasteiger partial charge < -0.3 is 4.74 Å². The van der Waals surface area contributed by atoms with Crippen LogP contribution in [0.5, 0.6) is 0 Å². The molecule has 1 aliphatic heterocycles. The third-order valence-electron chi connectivity index (χ3n) is 3.04. The molecule has 1 saturated carbocycles. The van der Waals surface area contributed by atoms with Crippen LogP contribution in [0.1, 0.15) is 12.8 Å². The third kappa shape index (κ3) is 1.30. The molecule has 1 heterocycles. The molecule has 4 heteroatoms. The summed E-state index contributed by atoms with van der Waals surface area (Å²) in [5.41, 5.74) is 0.644. The molecule has 2 rings (SSSR count). The summed E-state index contributed by atoms with van der Waals surface area (Å²) < 4.78 is 5.23.